The Bertz CT molecular complexity index is 766. The van der Waals surface area contributed by atoms with Crippen molar-refractivity contribution in [1.29, 1.82) is 0 Å². The maximum absolute atomic E-state index is 13.6. The molecule has 6 heteroatoms. The smallest absolute Gasteiger partial charge is 0.366 e. The number of ether oxygens (including phenoxy) is 4. The molecule has 0 saturated carbocycles. The first kappa shape index (κ1) is 19.3. The van der Waals surface area contributed by atoms with Crippen LogP contribution in [0.25, 0.3) is 0 Å². The van der Waals surface area contributed by atoms with Crippen molar-refractivity contribution in [2.75, 3.05) is 20.3 Å². The molecule has 0 spiro atoms. The molecule has 27 heavy (non-hydrogen) atoms. The third-order valence-electron chi connectivity index (χ3n) is 4.55. The zero-order valence-electron chi connectivity index (χ0n) is 15.4. The molecular weight excluding hydrogens is 351 g/mol. The molecule has 2 aromatic carbocycles. The molecule has 1 fully saturated rings. The summed E-state index contributed by atoms with van der Waals surface area (Å²) in [5.74, 6) is -1.30. The third kappa shape index (κ3) is 4.84. The van der Waals surface area contributed by atoms with E-state index in [4.69, 9.17) is 18.9 Å². The highest BCUT2D eigenvalue weighted by Crippen LogP contribution is 2.25. The Kier molecular flexibility index (Phi) is 6.08. The van der Waals surface area contributed by atoms with E-state index in [0.29, 0.717) is 24.5 Å². The van der Waals surface area contributed by atoms with E-state index >= 15 is 0 Å². The molecule has 2 aromatic rings. The average Bonchev–Trinajstić information content (AvgIpc) is 2.69. The minimum Gasteiger partial charge on any atom is -0.489 e. The molecule has 1 aliphatic rings. The number of esters is 1. The summed E-state index contributed by atoms with van der Waals surface area (Å²) in [6.07, 6.45) is 0.755. The Hall–Kier alpha value is -2.44. The molecule has 0 radical (unpaired) electrons. The molecule has 0 aliphatic carbocycles. The van der Waals surface area contributed by atoms with Gasteiger partial charge in [0, 0.05) is 18.4 Å². The molecule has 0 N–H and O–H groups in total. The zero-order chi connectivity index (χ0) is 19.3. The van der Waals surface area contributed by atoms with E-state index in [0.717, 1.165) is 12.0 Å². The van der Waals surface area contributed by atoms with Crippen molar-refractivity contribution in [3.8, 4) is 5.75 Å². The van der Waals surface area contributed by atoms with Gasteiger partial charge < -0.3 is 18.9 Å². The molecule has 0 amide bonds. The predicted molar refractivity (Wildman–Crippen MR) is 96.7 cm³/mol. The third-order valence-corrected chi connectivity index (χ3v) is 4.55. The summed E-state index contributed by atoms with van der Waals surface area (Å²) in [7, 11) is 1.31. The van der Waals surface area contributed by atoms with E-state index in [1.165, 1.54) is 13.2 Å². The van der Waals surface area contributed by atoms with Gasteiger partial charge in [0.2, 0.25) is 0 Å². The topological polar surface area (TPSA) is 54.0 Å². The lowest BCUT2D eigenvalue weighted by Gasteiger charge is -2.35. The van der Waals surface area contributed by atoms with Crippen molar-refractivity contribution >= 4 is 5.97 Å². The van der Waals surface area contributed by atoms with Crippen molar-refractivity contribution < 1.29 is 28.1 Å². The van der Waals surface area contributed by atoms with Crippen LogP contribution in [0.2, 0.25) is 0 Å². The van der Waals surface area contributed by atoms with Gasteiger partial charge in [-0.2, -0.15) is 0 Å². The maximum Gasteiger partial charge on any atom is 0.366 e. The highest BCUT2D eigenvalue weighted by atomic mass is 19.1. The fraction of sp³-hybridized carbons (Fsp3) is 0.381. The van der Waals surface area contributed by atoms with Gasteiger partial charge in [-0.25, -0.2) is 9.18 Å². The van der Waals surface area contributed by atoms with Gasteiger partial charge in [0.1, 0.15) is 18.2 Å². The minimum atomic E-state index is -1.32. The second-order valence-electron chi connectivity index (χ2n) is 6.65. The summed E-state index contributed by atoms with van der Waals surface area (Å²) in [6.45, 7) is 2.58. The van der Waals surface area contributed by atoms with Crippen molar-refractivity contribution in [1.82, 2.24) is 0 Å². The van der Waals surface area contributed by atoms with Crippen molar-refractivity contribution in [3.05, 3.63) is 65.5 Å². The monoisotopic (exact) mass is 374 g/mol. The number of rotatable bonds is 6. The summed E-state index contributed by atoms with van der Waals surface area (Å²) >= 11 is 0. The van der Waals surface area contributed by atoms with Crippen LogP contribution in [0.3, 0.4) is 0 Å². The molecule has 144 valence electrons. The van der Waals surface area contributed by atoms with Gasteiger partial charge in [0.15, 0.2) is 0 Å². The molecule has 0 unspecified atom stereocenters. The van der Waals surface area contributed by atoms with Crippen LogP contribution in [0.4, 0.5) is 4.39 Å². The number of halogens is 1. The van der Waals surface area contributed by atoms with E-state index in [1.807, 2.05) is 24.3 Å². The van der Waals surface area contributed by atoms with Gasteiger partial charge in [0.25, 0.3) is 5.79 Å². The van der Waals surface area contributed by atoms with Crippen LogP contribution in [-0.4, -0.2) is 32.1 Å². The van der Waals surface area contributed by atoms with Crippen molar-refractivity contribution in [2.24, 2.45) is 5.92 Å². The Morgan fingerprint density at radius 3 is 2.44 bits per heavy atom. The van der Waals surface area contributed by atoms with Crippen LogP contribution in [0.5, 0.6) is 5.75 Å². The molecule has 0 atom stereocenters. The minimum absolute atomic E-state index is 0.146. The van der Waals surface area contributed by atoms with E-state index in [9.17, 15) is 9.18 Å². The molecule has 0 aromatic heterocycles. The standard InChI is InChI=1S/C21H23FO5/c1-21(20(23)24-2)26-12-16(13-27-21)11-15-7-9-18(10-8-15)25-14-17-5-3-4-6-19(17)22/h3-10,16H,11-14H2,1-2H3/t16-,21-. The first-order valence-corrected chi connectivity index (χ1v) is 8.81. The second-order valence-corrected chi connectivity index (χ2v) is 6.65. The first-order valence-electron chi connectivity index (χ1n) is 8.81. The number of benzene rings is 2. The lowest BCUT2D eigenvalue weighted by molar-refractivity contribution is -0.272. The highest BCUT2D eigenvalue weighted by Gasteiger charge is 2.41. The molecule has 1 heterocycles. The molecule has 5 nitrogen and oxygen atoms in total. The molecule has 0 bridgehead atoms. The fourth-order valence-corrected chi connectivity index (χ4v) is 2.90. The van der Waals surface area contributed by atoms with Gasteiger partial charge in [-0.1, -0.05) is 30.3 Å². The van der Waals surface area contributed by atoms with E-state index in [2.05, 4.69) is 0 Å². The van der Waals surface area contributed by atoms with Crippen molar-refractivity contribution in [2.45, 2.75) is 25.7 Å². The van der Waals surface area contributed by atoms with Crippen LogP contribution in [-0.2, 0) is 32.0 Å². The zero-order valence-corrected chi connectivity index (χ0v) is 15.4. The summed E-state index contributed by atoms with van der Waals surface area (Å²) in [5, 5.41) is 0. The Balaban J connectivity index is 1.50. The maximum atomic E-state index is 13.6. The van der Waals surface area contributed by atoms with Crippen molar-refractivity contribution in [3.63, 3.8) is 0 Å². The van der Waals surface area contributed by atoms with Crippen LogP contribution in [0.1, 0.15) is 18.1 Å². The summed E-state index contributed by atoms with van der Waals surface area (Å²) in [5.41, 5.74) is 1.62. The quantitative estimate of drug-likeness (QED) is 0.725. The van der Waals surface area contributed by atoms with E-state index < -0.39 is 11.8 Å². The largest absolute Gasteiger partial charge is 0.489 e. The lowest BCUT2D eigenvalue weighted by Crippen LogP contribution is -2.48. The Morgan fingerprint density at radius 2 is 1.81 bits per heavy atom. The average molecular weight is 374 g/mol. The lowest BCUT2D eigenvalue weighted by atomic mass is 9.99. The highest BCUT2D eigenvalue weighted by molar-refractivity contribution is 5.77. The Morgan fingerprint density at radius 1 is 1.15 bits per heavy atom. The number of carbonyl (C=O) groups is 1. The van der Waals surface area contributed by atoms with Crippen LogP contribution >= 0.6 is 0 Å². The predicted octanol–water partition coefficient (Wildman–Crippen LogP) is 3.50. The van der Waals surface area contributed by atoms with Crippen LogP contribution in [0, 0.1) is 11.7 Å². The number of carbonyl (C=O) groups excluding carboxylic acids is 1. The SMILES string of the molecule is COC(=O)[C@]1(C)OC[C@@H](Cc2ccc(OCc3ccccc3F)cc2)CO1. The first-order chi connectivity index (χ1) is 13.0. The van der Waals surface area contributed by atoms with Gasteiger partial charge in [0.05, 0.1) is 20.3 Å². The van der Waals surface area contributed by atoms with E-state index in [1.54, 1.807) is 25.1 Å². The molecular formula is C21H23FO5. The molecule has 1 aliphatic heterocycles. The fourth-order valence-electron chi connectivity index (χ4n) is 2.90. The summed E-state index contributed by atoms with van der Waals surface area (Å²) < 4.78 is 35.1. The number of hydrogen-bond donors (Lipinski definition) is 0. The number of methoxy groups -OCH3 is 1. The summed E-state index contributed by atoms with van der Waals surface area (Å²) in [4.78, 5) is 11.7. The van der Waals surface area contributed by atoms with Gasteiger partial charge in [-0.15, -0.1) is 0 Å². The summed E-state index contributed by atoms with van der Waals surface area (Å²) in [6, 6.07) is 14.2. The number of hydrogen-bond acceptors (Lipinski definition) is 5. The normalized spacial score (nSPS) is 22.3. The van der Waals surface area contributed by atoms with Crippen LogP contribution < -0.4 is 4.74 Å². The van der Waals surface area contributed by atoms with Crippen LogP contribution in [0.15, 0.2) is 48.5 Å². The molecule has 3 rings (SSSR count). The van der Waals surface area contributed by atoms with E-state index in [-0.39, 0.29) is 18.3 Å². The molecule has 1 saturated heterocycles. The Labute approximate surface area is 158 Å². The van der Waals surface area contributed by atoms with Gasteiger partial charge >= 0.3 is 5.97 Å². The van der Waals surface area contributed by atoms with Gasteiger partial charge in [-0.05, 0) is 30.2 Å². The van der Waals surface area contributed by atoms with Gasteiger partial charge in [-0.3, -0.25) is 0 Å². The second kappa shape index (κ2) is 8.50.